The predicted octanol–water partition coefficient (Wildman–Crippen LogP) is -0.658. The summed E-state index contributed by atoms with van der Waals surface area (Å²) in [5.41, 5.74) is 0. The molecular formula is H2NbNiO4S. The smallest absolute Gasteiger partial charge is 0.264 e. The Morgan fingerprint density at radius 3 is 1.14 bits per heavy atom. The van der Waals surface area contributed by atoms with E-state index in [1.165, 1.54) is 0 Å². The van der Waals surface area contributed by atoms with Crippen LogP contribution in [-0.4, -0.2) is 17.5 Å². The average molecular weight is 250 g/mol. The minimum absolute atomic E-state index is 0. The molecule has 0 unspecified atom stereocenters. The van der Waals surface area contributed by atoms with Gasteiger partial charge in [-0.3, -0.25) is 9.11 Å². The summed E-state index contributed by atoms with van der Waals surface area (Å²) in [6.45, 7) is 0. The first-order chi connectivity index (χ1) is 2.00. The van der Waals surface area contributed by atoms with E-state index in [-0.39, 0.29) is 38.9 Å². The van der Waals surface area contributed by atoms with Crippen LogP contribution in [0.2, 0.25) is 0 Å². The van der Waals surface area contributed by atoms with E-state index >= 15 is 0 Å². The topological polar surface area (TPSA) is 74.6 Å². The van der Waals surface area contributed by atoms with Gasteiger partial charge in [0.25, 0.3) is 0 Å². The van der Waals surface area contributed by atoms with Crippen LogP contribution in [0.1, 0.15) is 0 Å². The van der Waals surface area contributed by atoms with Crippen molar-refractivity contribution >= 4 is 10.4 Å². The van der Waals surface area contributed by atoms with Crippen LogP contribution in [0.15, 0.2) is 0 Å². The van der Waals surface area contributed by atoms with Crippen LogP contribution in [0.25, 0.3) is 0 Å². The minimum Gasteiger partial charge on any atom is -0.264 e. The molecule has 47 valence electrons. The third-order valence-electron chi connectivity index (χ3n) is 0. The van der Waals surface area contributed by atoms with E-state index < -0.39 is 10.4 Å². The fourth-order valence-corrected chi connectivity index (χ4v) is 0. The summed E-state index contributed by atoms with van der Waals surface area (Å²) in [5.74, 6) is 0. The third-order valence-corrected chi connectivity index (χ3v) is 0. The Kier molecular flexibility index (Phi) is 11.8. The van der Waals surface area contributed by atoms with Crippen molar-refractivity contribution < 1.29 is 56.4 Å². The molecule has 0 aromatic rings. The van der Waals surface area contributed by atoms with Crippen molar-refractivity contribution in [1.29, 1.82) is 0 Å². The number of rotatable bonds is 0. The second-order valence-corrected chi connectivity index (χ2v) is 1.34. The maximum atomic E-state index is 8.74. The van der Waals surface area contributed by atoms with Gasteiger partial charge in [0.15, 0.2) is 0 Å². The van der Waals surface area contributed by atoms with Gasteiger partial charge < -0.3 is 0 Å². The van der Waals surface area contributed by atoms with Gasteiger partial charge in [-0.15, -0.1) is 0 Å². The normalized spacial score (nSPS) is 8.29. The first kappa shape index (κ1) is 15.7. The van der Waals surface area contributed by atoms with Gasteiger partial charge in [-0.2, -0.15) is 8.42 Å². The van der Waals surface area contributed by atoms with Crippen molar-refractivity contribution in [3.63, 3.8) is 0 Å². The molecular weight excluding hydrogens is 248 g/mol. The molecule has 0 aliphatic heterocycles. The fraction of sp³-hybridized carbons (Fsp3) is 0. The van der Waals surface area contributed by atoms with Crippen LogP contribution >= 0.6 is 0 Å². The largest absolute Gasteiger partial charge is 0.394 e. The molecule has 0 amide bonds. The summed E-state index contributed by atoms with van der Waals surface area (Å²) in [7, 11) is -4.67. The quantitative estimate of drug-likeness (QED) is 0.442. The van der Waals surface area contributed by atoms with Crippen molar-refractivity contribution in [1.82, 2.24) is 0 Å². The molecule has 4 nitrogen and oxygen atoms in total. The summed E-state index contributed by atoms with van der Waals surface area (Å²) in [4.78, 5) is 0. The predicted molar refractivity (Wildman–Crippen MR) is 14.2 cm³/mol. The van der Waals surface area contributed by atoms with Gasteiger partial charge in [-0.25, -0.2) is 0 Å². The van der Waals surface area contributed by atoms with Gasteiger partial charge in [0.2, 0.25) is 0 Å². The van der Waals surface area contributed by atoms with Crippen LogP contribution in [0.3, 0.4) is 0 Å². The summed E-state index contributed by atoms with van der Waals surface area (Å²) >= 11 is 0. The summed E-state index contributed by atoms with van der Waals surface area (Å²) < 4.78 is 31.6. The molecule has 0 saturated heterocycles. The van der Waals surface area contributed by atoms with Gasteiger partial charge in [0.05, 0.1) is 0 Å². The number of hydrogen-bond donors (Lipinski definition) is 2. The zero-order valence-corrected chi connectivity index (χ0v) is 6.89. The zero-order valence-electron chi connectivity index (χ0n) is 2.88. The first-order valence-corrected chi connectivity index (χ1v) is 2.10. The van der Waals surface area contributed by atoms with E-state index in [2.05, 4.69) is 0 Å². The third kappa shape index (κ3) is 152. The molecule has 0 saturated carbocycles. The molecule has 0 spiro atoms. The van der Waals surface area contributed by atoms with E-state index in [1.807, 2.05) is 0 Å². The Bertz CT molecular complexity index is 94.9. The van der Waals surface area contributed by atoms with Crippen LogP contribution in [-0.2, 0) is 49.3 Å². The maximum absolute atomic E-state index is 8.74. The molecule has 0 atom stereocenters. The van der Waals surface area contributed by atoms with Crippen molar-refractivity contribution in [2.24, 2.45) is 0 Å². The van der Waals surface area contributed by atoms with Crippen LogP contribution in [0, 0.1) is 0 Å². The van der Waals surface area contributed by atoms with Gasteiger partial charge >= 0.3 is 10.4 Å². The molecule has 7 heteroatoms. The Morgan fingerprint density at radius 2 is 1.14 bits per heavy atom. The first-order valence-electron chi connectivity index (χ1n) is 0.698. The Morgan fingerprint density at radius 1 is 1.14 bits per heavy atom. The van der Waals surface area contributed by atoms with Crippen molar-refractivity contribution in [2.75, 3.05) is 0 Å². The van der Waals surface area contributed by atoms with E-state index in [4.69, 9.17) is 17.5 Å². The molecule has 0 heterocycles. The van der Waals surface area contributed by atoms with Crippen LogP contribution in [0.4, 0.5) is 0 Å². The second-order valence-electron chi connectivity index (χ2n) is 0.448. The van der Waals surface area contributed by atoms with Crippen molar-refractivity contribution in [3.05, 3.63) is 0 Å². The summed E-state index contributed by atoms with van der Waals surface area (Å²) in [6.07, 6.45) is 0. The number of hydrogen-bond acceptors (Lipinski definition) is 2. The minimum atomic E-state index is -4.67. The molecule has 1 radical (unpaired) electrons. The van der Waals surface area contributed by atoms with Crippen molar-refractivity contribution in [3.8, 4) is 0 Å². The molecule has 0 aromatic carbocycles. The second kappa shape index (κ2) is 5.24. The molecule has 0 rings (SSSR count). The Hall–Kier alpha value is 1.10. The molecule has 0 bridgehead atoms. The monoisotopic (exact) mass is 249 g/mol. The van der Waals surface area contributed by atoms with E-state index in [9.17, 15) is 0 Å². The summed E-state index contributed by atoms with van der Waals surface area (Å²) in [5, 5.41) is 0. The SMILES string of the molecule is O=S(=O)(O)O.[Nb].[Ni]. The summed E-state index contributed by atoms with van der Waals surface area (Å²) in [6, 6.07) is 0. The van der Waals surface area contributed by atoms with Gasteiger partial charge in [-0.05, 0) is 0 Å². The van der Waals surface area contributed by atoms with Gasteiger partial charge in [0, 0.05) is 38.9 Å². The molecule has 0 aromatic heterocycles. The van der Waals surface area contributed by atoms with Crippen LogP contribution < -0.4 is 0 Å². The van der Waals surface area contributed by atoms with E-state index in [0.717, 1.165) is 0 Å². The van der Waals surface area contributed by atoms with E-state index in [0.29, 0.717) is 0 Å². The molecule has 2 N–H and O–H groups in total. The Balaban J connectivity index is -0.0000000800. The molecule has 0 aliphatic carbocycles. The molecule has 7 heavy (non-hydrogen) atoms. The fourth-order valence-electron chi connectivity index (χ4n) is 0. The molecule has 0 aliphatic rings. The molecule has 0 fully saturated rings. The van der Waals surface area contributed by atoms with E-state index in [1.54, 1.807) is 0 Å². The zero-order chi connectivity index (χ0) is 4.50. The Labute approximate surface area is 66.7 Å². The van der Waals surface area contributed by atoms with Crippen molar-refractivity contribution in [2.45, 2.75) is 0 Å². The van der Waals surface area contributed by atoms with Crippen LogP contribution in [0.5, 0.6) is 0 Å². The van der Waals surface area contributed by atoms with Gasteiger partial charge in [-0.1, -0.05) is 0 Å². The standard InChI is InChI=1S/Nb.Ni.H2O4S/c;;1-5(2,3)4/h;;(H2,1,2,3,4). The van der Waals surface area contributed by atoms with Gasteiger partial charge in [0.1, 0.15) is 0 Å². The maximum Gasteiger partial charge on any atom is 0.394 e. The average Bonchev–Trinajstić information content (AvgIpc) is 0.722.